The first-order valence-electron chi connectivity index (χ1n) is 7.63. The number of carbonyl (C=O) groups is 2. The van der Waals surface area contributed by atoms with E-state index < -0.39 is 17.6 Å². The zero-order chi connectivity index (χ0) is 18.8. The molecule has 0 spiro atoms. The number of carbonyl (C=O) groups excluding carboxylic acids is 2. The molecule has 0 atom stereocenters. The highest BCUT2D eigenvalue weighted by atomic mass is 79.9. The first kappa shape index (κ1) is 18.3. The predicted molar refractivity (Wildman–Crippen MR) is 105 cm³/mol. The molecule has 0 saturated carbocycles. The van der Waals surface area contributed by atoms with Gasteiger partial charge in [-0.2, -0.15) is 0 Å². The highest BCUT2D eigenvalue weighted by Crippen LogP contribution is 2.39. The van der Waals surface area contributed by atoms with Gasteiger partial charge in [0.1, 0.15) is 10.8 Å². The number of thiophene rings is 1. The molecule has 3 rings (SSSR count). The van der Waals surface area contributed by atoms with Crippen LogP contribution in [0.2, 0.25) is 0 Å². The van der Waals surface area contributed by atoms with Gasteiger partial charge < -0.3 is 11.1 Å². The molecule has 3 aromatic rings. The molecular weight excluding hydrogens is 419 g/mol. The molecule has 7 heteroatoms. The molecule has 1 heterocycles. The van der Waals surface area contributed by atoms with Gasteiger partial charge in [0.25, 0.3) is 11.8 Å². The highest BCUT2D eigenvalue weighted by molar-refractivity contribution is 9.10. The molecule has 2 aromatic carbocycles. The SMILES string of the molecule is Cc1sc(NC(=O)c2ccc(F)cc2Br)c(C(N)=O)c1-c1ccccc1. The van der Waals surface area contributed by atoms with Crippen LogP contribution >= 0.6 is 27.3 Å². The van der Waals surface area contributed by atoms with Crippen molar-refractivity contribution in [3.05, 3.63) is 74.8 Å². The average Bonchev–Trinajstić information content (AvgIpc) is 2.91. The van der Waals surface area contributed by atoms with Crippen molar-refractivity contribution in [1.29, 1.82) is 0 Å². The van der Waals surface area contributed by atoms with Crippen LogP contribution < -0.4 is 11.1 Å². The van der Waals surface area contributed by atoms with E-state index in [4.69, 9.17) is 5.73 Å². The van der Waals surface area contributed by atoms with Gasteiger partial charge in [0, 0.05) is 14.9 Å². The Bertz CT molecular complexity index is 1000. The van der Waals surface area contributed by atoms with Crippen molar-refractivity contribution in [2.75, 3.05) is 5.32 Å². The van der Waals surface area contributed by atoms with Crippen molar-refractivity contribution in [3.8, 4) is 11.1 Å². The Hall–Kier alpha value is -2.51. The van der Waals surface area contributed by atoms with Gasteiger partial charge in [-0.1, -0.05) is 30.3 Å². The summed E-state index contributed by atoms with van der Waals surface area (Å²) in [6.07, 6.45) is 0. The summed E-state index contributed by atoms with van der Waals surface area (Å²) in [4.78, 5) is 25.5. The molecule has 0 aliphatic rings. The standard InChI is InChI=1S/C19H14BrFN2O2S/c1-10-15(11-5-3-2-4-6-11)16(17(22)24)19(26-10)23-18(25)13-8-7-12(21)9-14(13)20/h2-9H,1H3,(H2,22,24)(H,23,25). The molecule has 132 valence electrons. The van der Waals surface area contributed by atoms with Crippen molar-refractivity contribution < 1.29 is 14.0 Å². The van der Waals surface area contributed by atoms with E-state index >= 15 is 0 Å². The number of halogens is 2. The van der Waals surface area contributed by atoms with Gasteiger partial charge in [0.2, 0.25) is 0 Å². The molecule has 0 unspecified atom stereocenters. The van der Waals surface area contributed by atoms with Gasteiger partial charge >= 0.3 is 0 Å². The van der Waals surface area contributed by atoms with Crippen LogP contribution in [-0.4, -0.2) is 11.8 Å². The predicted octanol–water partition coefficient (Wildman–Crippen LogP) is 4.98. The van der Waals surface area contributed by atoms with Gasteiger partial charge in [0.05, 0.1) is 11.1 Å². The smallest absolute Gasteiger partial charge is 0.257 e. The molecule has 0 fully saturated rings. The number of aryl methyl sites for hydroxylation is 1. The Balaban J connectivity index is 2.03. The number of benzene rings is 2. The van der Waals surface area contributed by atoms with Crippen LogP contribution in [0.1, 0.15) is 25.6 Å². The monoisotopic (exact) mass is 432 g/mol. The maximum atomic E-state index is 13.2. The largest absolute Gasteiger partial charge is 0.365 e. The fourth-order valence-corrected chi connectivity index (χ4v) is 4.27. The van der Waals surface area contributed by atoms with E-state index in [0.29, 0.717) is 15.0 Å². The van der Waals surface area contributed by atoms with E-state index in [1.165, 1.54) is 29.5 Å². The molecule has 0 radical (unpaired) electrons. The summed E-state index contributed by atoms with van der Waals surface area (Å²) in [6.45, 7) is 1.86. The lowest BCUT2D eigenvalue weighted by atomic mass is 10.0. The Morgan fingerprint density at radius 3 is 2.46 bits per heavy atom. The van der Waals surface area contributed by atoms with Crippen LogP contribution in [0, 0.1) is 12.7 Å². The number of primary amides is 1. The minimum atomic E-state index is -0.623. The van der Waals surface area contributed by atoms with E-state index in [2.05, 4.69) is 21.2 Å². The summed E-state index contributed by atoms with van der Waals surface area (Å²) >= 11 is 4.45. The van der Waals surface area contributed by atoms with Crippen LogP contribution in [0.4, 0.5) is 9.39 Å². The van der Waals surface area contributed by atoms with Crippen LogP contribution in [0.5, 0.6) is 0 Å². The molecule has 0 saturated heterocycles. The molecular formula is C19H14BrFN2O2S. The lowest BCUT2D eigenvalue weighted by Gasteiger charge is -2.08. The number of rotatable bonds is 4. The second-order valence-electron chi connectivity index (χ2n) is 5.55. The summed E-state index contributed by atoms with van der Waals surface area (Å²) in [5.74, 6) is -1.54. The number of hydrogen-bond donors (Lipinski definition) is 2. The molecule has 0 bridgehead atoms. The average molecular weight is 433 g/mol. The maximum Gasteiger partial charge on any atom is 0.257 e. The summed E-state index contributed by atoms with van der Waals surface area (Å²) in [5.41, 5.74) is 7.67. The Morgan fingerprint density at radius 2 is 1.85 bits per heavy atom. The third-order valence-corrected chi connectivity index (χ3v) is 5.47. The minimum Gasteiger partial charge on any atom is -0.365 e. The highest BCUT2D eigenvalue weighted by Gasteiger charge is 2.23. The number of amides is 2. The summed E-state index contributed by atoms with van der Waals surface area (Å²) in [7, 11) is 0. The van der Waals surface area contributed by atoms with E-state index in [9.17, 15) is 14.0 Å². The number of anilines is 1. The summed E-state index contributed by atoms with van der Waals surface area (Å²) in [5, 5.41) is 3.10. The fraction of sp³-hybridized carbons (Fsp3) is 0.0526. The summed E-state index contributed by atoms with van der Waals surface area (Å²) in [6, 6.07) is 13.1. The molecule has 2 amide bonds. The molecule has 26 heavy (non-hydrogen) atoms. The van der Waals surface area contributed by atoms with Gasteiger partial charge in [-0.25, -0.2) is 4.39 Å². The van der Waals surface area contributed by atoms with Gasteiger partial charge in [-0.15, -0.1) is 11.3 Å². The Morgan fingerprint density at radius 1 is 1.15 bits per heavy atom. The zero-order valence-corrected chi connectivity index (χ0v) is 16.1. The van der Waals surface area contributed by atoms with Crippen LogP contribution in [0.3, 0.4) is 0 Å². The third kappa shape index (κ3) is 3.54. The molecule has 0 aliphatic heterocycles. The molecule has 1 aromatic heterocycles. The second-order valence-corrected chi connectivity index (χ2v) is 7.63. The normalized spacial score (nSPS) is 10.6. The van der Waals surface area contributed by atoms with Crippen LogP contribution in [-0.2, 0) is 0 Å². The topological polar surface area (TPSA) is 72.2 Å². The number of hydrogen-bond acceptors (Lipinski definition) is 3. The molecule has 3 N–H and O–H groups in total. The Labute approximate surface area is 162 Å². The first-order valence-corrected chi connectivity index (χ1v) is 9.24. The Kier molecular flexibility index (Phi) is 5.20. The minimum absolute atomic E-state index is 0.258. The van der Waals surface area contributed by atoms with Gasteiger partial charge in [-0.3, -0.25) is 9.59 Å². The van der Waals surface area contributed by atoms with Crippen molar-refractivity contribution in [2.24, 2.45) is 5.73 Å². The van der Waals surface area contributed by atoms with Gasteiger partial charge in [-0.05, 0) is 46.6 Å². The quantitative estimate of drug-likeness (QED) is 0.610. The maximum absolute atomic E-state index is 13.2. The molecule has 0 aliphatic carbocycles. The fourth-order valence-electron chi connectivity index (χ4n) is 2.66. The van der Waals surface area contributed by atoms with Crippen molar-refractivity contribution in [3.63, 3.8) is 0 Å². The molecule has 4 nitrogen and oxygen atoms in total. The van der Waals surface area contributed by atoms with Crippen LogP contribution in [0.15, 0.2) is 53.0 Å². The van der Waals surface area contributed by atoms with E-state index in [-0.39, 0.29) is 11.1 Å². The van der Waals surface area contributed by atoms with Crippen LogP contribution in [0.25, 0.3) is 11.1 Å². The number of nitrogens with one attached hydrogen (secondary N) is 1. The lowest BCUT2D eigenvalue weighted by Crippen LogP contribution is -2.17. The third-order valence-electron chi connectivity index (χ3n) is 3.80. The summed E-state index contributed by atoms with van der Waals surface area (Å²) < 4.78 is 13.6. The van der Waals surface area contributed by atoms with Crippen molar-refractivity contribution in [2.45, 2.75) is 6.92 Å². The second kappa shape index (κ2) is 7.39. The van der Waals surface area contributed by atoms with Crippen molar-refractivity contribution in [1.82, 2.24) is 0 Å². The van der Waals surface area contributed by atoms with E-state index in [1.807, 2.05) is 37.3 Å². The van der Waals surface area contributed by atoms with Crippen molar-refractivity contribution >= 4 is 44.1 Å². The lowest BCUT2D eigenvalue weighted by molar-refractivity contribution is 0.100. The van der Waals surface area contributed by atoms with E-state index in [1.54, 1.807) is 0 Å². The first-order chi connectivity index (χ1) is 12.4. The zero-order valence-electron chi connectivity index (χ0n) is 13.7. The number of nitrogens with two attached hydrogens (primary N) is 1. The van der Waals surface area contributed by atoms with Gasteiger partial charge in [0.15, 0.2) is 0 Å². The van der Waals surface area contributed by atoms with E-state index in [0.717, 1.165) is 10.4 Å².